The van der Waals surface area contributed by atoms with Gasteiger partial charge in [-0.1, -0.05) is 18.3 Å². The molecule has 1 aromatic rings. The smallest absolute Gasteiger partial charge is 0.177 e. The van der Waals surface area contributed by atoms with Crippen molar-refractivity contribution in [3.8, 4) is 0 Å². The first-order chi connectivity index (χ1) is 7.31. The lowest BCUT2D eigenvalue weighted by atomic mass is 10.1. The molecule has 5 nitrogen and oxygen atoms in total. The molecule has 0 saturated carbocycles. The maximum Gasteiger partial charge on any atom is 0.177 e. The molecule has 1 heterocycles. The largest absolute Gasteiger partial charge is 0.293 e. The van der Waals surface area contributed by atoms with Crippen LogP contribution in [0.1, 0.15) is 41.6 Å². The predicted molar refractivity (Wildman–Crippen MR) is 62.7 cm³/mol. The molecule has 0 atom stereocenters. The van der Waals surface area contributed by atoms with Gasteiger partial charge in [-0.25, -0.2) is 8.42 Å². The van der Waals surface area contributed by atoms with E-state index in [-0.39, 0.29) is 23.9 Å². The number of hydrogen-bond donors (Lipinski definition) is 0. The standard InChI is InChI=1S/C9H14N2O3S2/c1-6(2)8-9(15-11-10-8)7(12)4-5-16(3,13)14/h6H,4-5H2,1-3H3. The average molecular weight is 262 g/mol. The third-order valence-corrected chi connectivity index (χ3v) is 3.74. The van der Waals surface area contributed by atoms with Crippen LogP contribution in [0.4, 0.5) is 0 Å². The van der Waals surface area contributed by atoms with Crippen molar-refractivity contribution < 1.29 is 13.2 Å². The molecule has 0 aliphatic carbocycles. The molecule has 7 heteroatoms. The van der Waals surface area contributed by atoms with Crippen LogP contribution in [0, 0.1) is 0 Å². The normalized spacial score (nSPS) is 12.0. The molecule has 0 aromatic carbocycles. The summed E-state index contributed by atoms with van der Waals surface area (Å²) in [6.07, 6.45) is 1.12. The van der Waals surface area contributed by atoms with Gasteiger partial charge in [0, 0.05) is 12.7 Å². The summed E-state index contributed by atoms with van der Waals surface area (Å²) in [4.78, 5) is 12.2. The van der Waals surface area contributed by atoms with Gasteiger partial charge in [0.15, 0.2) is 5.78 Å². The summed E-state index contributed by atoms with van der Waals surface area (Å²) in [5, 5.41) is 3.88. The highest BCUT2D eigenvalue weighted by Gasteiger charge is 2.19. The summed E-state index contributed by atoms with van der Waals surface area (Å²) in [6.45, 7) is 3.84. The molecule has 90 valence electrons. The van der Waals surface area contributed by atoms with Gasteiger partial charge in [-0.3, -0.25) is 4.79 Å². The van der Waals surface area contributed by atoms with E-state index < -0.39 is 9.84 Å². The van der Waals surface area contributed by atoms with Crippen molar-refractivity contribution in [3.05, 3.63) is 10.6 Å². The van der Waals surface area contributed by atoms with E-state index in [0.717, 1.165) is 17.8 Å². The molecule has 1 rings (SSSR count). The van der Waals surface area contributed by atoms with E-state index in [1.54, 1.807) is 0 Å². The van der Waals surface area contributed by atoms with Crippen molar-refractivity contribution in [1.29, 1.82) is 0 Å². The van der Waals surface area contributed by atoms with Crippen LogP contribution in [0.25, 0.3) is 0 Å². The number of nitrogens with zero attached hydrogens (tertiary/aromatic N) is 2. The first-order valence-corrected chi connectivity index (χ1v) is 7.68. The highest BCUT2D eigenvalue weighted by molar-refractivity contribution is 7.90. The second-order valence-corrected chi connectivity index (χ2v) is 6.96. The molecule has 0 unspecified atom stereocenters. The van der Waals surface area contributed by atoms with Crippen molar-refractivity contribution in [2.75, 3.05) is 12.0 Å². The van der Waals surface area contributed by atoms with Crippen LogP contribution in [0.5, 0.6) is 0 Å². The summed E-state index contributed by atoms with van der Waals surface area (Å²) in [7, 11) is -3.10. The number of carbonyl (C=O) groups excluding carboxylic acids is 1. The summed E-state index contributed by atoms with van der Waals surface area (Å²) in [5.41, 5.74) is 0.656. The minimum Gasteiger partial charge on any atom is -0.293 e. The Kier molecular flexibility index (Phi) is 4.15. The fraction of sp³-hybridized carbons (Fsp3) is 0.667. The molecule has 0 fully saturated rings. The zero-order valence-corrected chi connectivity index (χ0v) is 11.1. The van der Waals surface area contributed by atoms with E-state index in [1.807, 2.05) is 13.8 Å². The molecule has 0 saturated heterocycles. The topological polar surface area (TPSA) is 77.0 Å². The maximum absolute atomic E-state index is 11.7. The van der Waals surface area contributed by atoms with E-state index in [2.05, 4.69) is 9.59 Å². The Morgan fingerprint density at radius 1 is 1.44 bits per heavy atom. The third kappa shape index (κ3) is 3.64. The summed E-state index contributed by atoms with van der Waals surface area (Å²) < 4.78 is 25.6. The first-order valence-electron chi connectivity index (χ1n) is 4.84. The molecule has 0 amide bonds. The van der Waals surface area contributed by atoms with E-state index in [4.69, 9.17) is 0 Å². The number of Topliss-reactive ketones (excluding diaryl/α,β-unsaturated/α-hetero) is 1. The average Bonchev–Trinajstić information content (AvgIpc) is 2.61. The number of carbonyl (C=O) groups is 1. The number of sulfone groups is 1. The predicted octanol–water partition coefficient (Wildman–Crippen LogP) is 1.28. The molecule has 0 aliphatic heterocycles. The number of hydrogen-bond acceptors (Lipinski definition) is 6. The van der Waals surface area contributed by atoms with Crippen LogP contribution in [-0.4, -0.2) is 35.8 Å². The second kappa shape index (κ2) is 5.01. The Labute approximate surface area is 99.0 Å². The molecule has 0 aliphatic rings. The first kappa shape index (κ1) is 13.2. The van der Waals surface area contributed by atoms with Gasteiger partial charge in [0.2, 0.25) is 0 Å². The van der Waals surface area contributed by atoms with Crippen LogP contribution in [0.2, 0.25) is 0 Å². The Balaban J connectivity index is 2.77. The highest BCUT2D eigenvalue weighted by Crippen LogP contribution is 2.21. The molecular formula is C9H14N2O3S2. The van der Waals surface area contributed by atoms with Gasteiger partial charge < -0.3 is 0 Å². The Morgan fingerprint density at radius 2 is 2.06 bits per heavy atom. The van der Waals surface area contributed by atoms with Gasteiger partial charge in [0.05, 0.1) is 11.4 Å². The van der Waals surface area contributed by atoms with Gasteiger partial charge in [0.25, 0.3) is 0 Å². The van der Waals surface area contributed by atoms with Crippen LogP contribution >= 0.6 is 11.5 Å². The second-order valence-electron chi connectivity index (χ2n) is 3.95. The van der Waals surface area contributed by atoms with Gasteiger partial charge in [0.1, 0.15) is 14.7 Å². The van der Waals surface area contributed by atoms with Crippen molar-refractivity contribution >= 4 is 27.2 Å². The minimum atomic E-state index is -3.10. The molecule has 1 aromatic heterocycles. The number of ketones is 1. The van der Waals surface area contributed by atoms with Gasteiger partial charge >= 0.3 is 0 Å². The minimum absolute atomic E-state index is 0.00241. The molecule has 0 bridgehead atoms. The summed E-state index contributed by atoms with van der Waals surface area (Å²) in [5.74, 6) is -0.193. The van der Waals surface area contributed by atoms with E-state index in [1.165, 1.54) is 0 Å². The van der Waals surface area contributed by atoms with E-state index in [0.29, 0.717) is 10.6 Å². The fourth-order valence-corrected chi connectivity index (χ4v) is 2.50. The summed E-state index contributed by atoms with van der Waals surface area (Å²) >= 11 is 1.03. The Morgan fingerprint density at radius 3 is 2.56 bits per heavy atom. The lowest BCUT2D eigenvalue weighted by Gasteiger charge is -2.02. The Hall–Kier alpha value is -0.820. The quantitative estimate of drug-likeness (QED) is 0.747. The molecular weight excluding hydrogens is 248 g/mol. The van der Waals surface area contributed by atoms with E-state index >= 15 is 0 Å². The lowest BCUT2D eigenvalue weighted by Crippen LogP contribution is -2.10. The van der Waals surface area contributed by atoms with Crippen LogP contribution in [0.3, 0.4) is 0 Å². The van der Waals surface area contributed by atoms with E-state index in [9.17, 15) is 13.2 Å². The van der Waals surface area contributed by atoms with Crippen LogP contribution in [-0.2, 0) is 9.84 Å². The monoisotopic (exact) mass is 262 g/mol. The maximum atomic E-state index is 11.7. The fourth-order valence-electron chi connectivity index (χ4n) is 1.16. The Bertz CT molecular complexity index is 477. The molecule has 0 N–H and O–H groups in total. The lowest BCUT2D eigenvalue weighted by molar-refractivity contribution is 0.0991. The SMILES string of the molecule is CC(C)c1nnsc1C(=O)CCS(C)(=O)=O. The summed E-state index contributed by atoms with van der Waals surface area (Å²) in [6, 6.07) is 0. The number of aromatic nitrogens is 2. The van der Waals surface area contributed by atoms with Crippen molar-refractivity contribution in [2.24, 2.45) is 0 Å². The molecule has 0 radical (unpaired) electrons. The van der Waals surface area contributed by atoms with Gasteiger partial charge in [-0.05, 0) is 17.5 Å². The highest BCUT2D eigenvalue weighted by atomic mass is 32.2. The van der Waals surface area contributed by atoms with Crippen LogP contribution in [0.15, 0.2) is 0 Å². The third-order valence-electron chi connectivity index (χ3n) is 2.01. The zero-order chi connectivity index (χ0) is 12.3. The molecule has 0 spiro atoms. The van der Waals surface area contributed by atoms with Gasteiger partial charge in [-0.15, -0.1) is 5.10 Å². The molecule has 16 heavy (non-hydrogen) atoms. The van der Waals surface area contributed by atoms with Crippen molar-refractivity contribution in [1.82, 2.24) is 9.59 Å². The van der Waals surface area contributed by atoms with Crippen molar-refractivity contribution in [2.45, 2.75) is 26.2 Å². The van der Waals surface area contributed by atoms with Gasteiger partial charge in [-0.2, -0.15) is 0 Å². The zero-order valence-electron chi connectivity index (χ0n) is 9.43. The van der Waals surface area contributed by atoms with Crippen LogP contribution < -0.4 is 0 Å². The van der Waals surface area contributed by atoms with Crippen molar-refractivity contribution in [3.63, 3.8) is 0 Å². The number of rotatable bonds is 5.